The van der Waals surface area contributed by atoms with Crippen molar-refractivity contribution in [1.29, 1.82) is 0 Å². The van der Waals surface area contributed by atoms with Gasteiger partial charge in [0.05, 0.1) is 0 Å². The molecule has 0 fully saturated rings. The molecule has 1 aliphatic rings. The van der Waals surface area contributed by atoms with Crippen LogP contribution in [0.4, 0.5) is 0 Å². The summed E-state index contributed by atoms with van der Waals surface area (Å²) in [5.74, 6) is 0.285. The number of rotatable bonds is 1. The van der Waals surface area contributed by atoms with Crippen molar-refractivity contribution >= 4 is 11.6 Å². The lowest BCUT2D eigenvalue weighted by Crippen LogP contribution is -1.95. The number of aromatic nitrogens is 1. The van der Waals surface area contributed by atoms with Crippen LogP contribution in [0.2, 0.25) is 0 Å². The Balaban J connectivity index is 1.97. The Labute approximate surface area is 135 Å². The van der Waals surface area contributed by atoms with Crippen molar-refractivity contribution in [2.75, 3.05) is 0 Å². The second-order valence-corrected chi connectivity index (χ2v) is 5.81. The highest BCUT2D eigenvalue weighted by molar-refractivity contribution is 5.93. The minimum atomic E-state index is 0.285. The monoisotopic (exact) mass is 299 g/mol. The highest BCUT2D eigenvalue weighted by Gasteiger charge is 2.18. The number of phenolic OH excluding ortho intramolecular Hbond substituents is 1. The van der Waals surface area contributed by atoms with Gasteiger partial charge in [-0.05, 0) is 59.4 Å². The van der Waals surface area contributed by atoms with Gasteiger partial charge in [-0.15, -0.1) is 0 Å². The first-order valence-corrected chi connectivity index (χ1v) is 7.84. The van der Waals surface area contributed by atoms with Crippen molar-refractivity contribution in [3.63, 3.8) is 0 Å². The van der Waals surface area contributed by atoms with Gasteiger partial charge in [-0.25, -0.2) is 0 Å². The highest BCUT2D eigenvalue weighted by Crippen LogP contribution is 2.34. The summed E-state index contributed by atoms with van der Waals surface area (Å²) in [6.45, 7) is 0. The molecule has 0 unspecified atom stereocenters. The molecule has 23 heavy (non-hydrogen) atoms. The Hall–Kier alpha value is -2.87. The summed E-state index contributed by atoms with van der Waals surface area (Å²) >= 11 is 0. The molecule has 3 aromatic rings. The minimum absolute atomic E-state index is 0.285. The maximum absolute atomic E-state index is 9.75. The molecule has 2 heteroatoms. The van der Waals surface area contributed by atoms with Gasteiger partial charge in [0, 0.05) is 17.5 Å². The smallest absolute Gasteiger partial charge is 0.116 e. The van der Waals surface area contributed by atoms with Gasteiger partial charge in [0.1, 0.15) is 5.75 Å². The van der Waals surface area contributed by atoms with Gasteiger partial charge in [-0.3, -0.25) is 4.98 Å². The van der Waals surface area contributed by atoms with E-state index in [9.17, 15) is 5.11 Å². The number of benzene rings is 2. The van der Waals surface area contributed by atoms with Gasteiger partial charge in [0.15, 0.2) is 0 Å². The van der Waals surface area contributed by atoms with Crippen LogP contribution in [0.1, 0.15) is 27.9 Å². The molecule has 0 radical (unpaired) electrons. The maximum atomic E-state index is 9.75. The molecule has 0 amide bonds. The third kappa shape index (κ3) is 2.64. The van der Waals surface area contributed by atoms with Gasteiger partial charge in [0.25, 0.3) is 0 Å². The molecular weight excluding hydrogens is 282 g/mol. The Morgan fingerprint density at radius 2 is 1.74 bits per heavy atom. The fourth-order valence-electron chi connectivity index (χ4n) is 3.22. The number of nitrogens with zero attached hydrogens (tertiary/aromatic N) is 1. The average molecular weight is 299 g/mol. The Morgan fingerprint density at radius 3 is 2.65 bits per heavy atom. The SMILES string of the molecule is Oc1cccc(C=C2c3ccccc3CCc3ncccc32)c1. The van der Waals surface area contributed by atoms with E-state index in [1.165, 1.54) is 22.3 Å². The van der Waals surface area contributed by atoms with Crippen LogP contribution in [0.5, 0.6) is 5.75 Å². The van der Waals surface area contributed by atoms with Gasteiger partial charge >= 0.3 is 0 Å². The number of hydrogen-bond donors (Lipinski definition) is 1. The fourth-order valence-corrected chi connectivity index (χ4v) is 3.22. The Kier molecular flexibility index (Phi) is 3.43. The fraction of sp³-hybridized carbons (Fsp3) is 0.0952. The van der Waals surface area contributed by atoms with Crippen molar-refractivity contribution in [3.8, 4) is 5.75 Å². The predicted octanol–water partition coefficient (Wildman–Crippen LogP) is 4.47. The lowest BCUT2D eigenvalue weighted by molar-refractivity contribution is 0.475. The van der Waals surface area contributed by atoms with Crippen LogP contribution in [-0.4, -0.2) is 10.1 Å². The van der Waals surface area contributed by atoms with Crippen LogP contribution < -0.4 is 0 Å². The van der Waals surface area contributed by atoms with Crippen molar-refractivity contribution < 1.29 is 5.11 Å². The molecule has 1 N–H and O–H groups in total. The quantitative estimate of drug-likeness (QED) is 0.719. The lowest BCUT2D eigenvalue weighted by atomic mass is 9.93. The van der Waals surface area contributed by atoms with Crippen LogP contribution in [0.25, 0.3) is 11.6 Å². The molecule has 112 valence electrons. The number of phenols is 1. The van der Waals surface area contributed by atoms with Gasteiger partial charge in [-0.2, -0.15) is 0 Å². The largest absolute Gasteiger partial charge is 0.508 e. The van der Waals surface area contributed by atoms with Crippen molar-refractivity contribution in [3.05, 3.63) is 94.8 Å². The number of hydrogen-bond acceptors (Lipinski definition) is 2. The zero-order chi connectivity index (χ0) is 15.6. The molecule has 1 heterocycles. The summed E-state index contributed by atoms with van der Waals surface area (Å²) in [5.41, 5.74) is 7.08. The molecule has 0 bridgehead atoms. The van der Waals surface area contributed by atoms with E-state index in [0.29, 0.717) is 0 Å². The standard InChI is InChI=1S/C21H17NO/c23-17-7-3-5-15(13-17)14-20-18-8-2-1-6-16(18)10-11-21-19(20)9-4-12-22-21/h1-9,12-14,23H,10-11H2. The van der Waals surface area contributed by atoms with E-state index < -0.39 is 0 Å². The van der Waals surface area contributed by atoms with E-state index in [4.69, 9.17) is 0 Å². The maximum Gasteiger partial charge on any atom is 0.116 e. The molecule has 0 saturated heterocycles. The lowest BCUT2D eigenvalue weighted by Gasteiger charge is -2.11. The third-order valence-corrected chi connectivity index (χ3v) is 4.30. The zero-order valence-corrected chi connectivity index (χ0v) is 12.7. The van der Waals surface area contributed by atoms with E-state index in [1.54, 1.807) is 12.1 Å². The minimum Gasteiger partial charge on any atom is -0.508 e. The summed E-state index contributed by atoms with van der Waals surface area (Å²) in [4.78, 5) is 4.58. The van der Waals surface area contributed by atoms with E-state index in [-0.39, 0.29) is 5.75 Å². The van der Waals surface area contributed by atoms with Crippen LogP contribution in [0.15, 0.2) is 66.9 Å². The Bertz CT molecular complexity index is 846. The first-order valence-electron chi connectivity index (χ1n) is 7.84. The number of aromatic hydroxyl groups is 1. The van der Waals surface area contributed by atoms with E-state index in [0.717, 1.165) is 24.1 Å². The van der Waals surface area contributed by atoms with Crippen LogP contribution in [-0.2, 0) is 12.8 Å². The van der Waals surface area contributed by atoms with E-state index >= 15 is 0 Å². The molecule has 2 nitrogen and oxygen atoms in total. The summed E-state index contributed by atoms with van der Waals surface area (Å²) in [6.07, 6.45) is 5.95. The van der Waals surface area contributed by atoms with Crippen LogP contribution >= 0.6 is 0 Å². The molecule has 4 rings (SSSR count). The topological polar surface area (TPSA) is 33.1 Å². The molecule has 2 aromatic carbocycles. The number of fused-ring (bicyclic) bond motifs is 2. The molecule has 1 aromatic heterocycles. The first-order chi connectivity index (χ1) is 11.3. The van der Waals surface area contributed by atoms with E-state index in [1.807, 2.05) is 24.4 Å². The number of aryl methyl sites for hydroxylation is 2. The second-order valence-electron chi connectivity index (χ2n) is 5.81. The highest BCUT2D eigenvalue weighted by atomic mass is 16.3. The molecule has 0 spiro atoms. The summed E-state index contributed by atoms with van der Waals surface area (Å²) in [6, 6.07) is 20.0. The molecule has 0 saturated carbocycles. The summed E-state index contributed by atoms with van der Waals surface area (Å²) in [7, 11) is 0. The zero-order valence-electron chi connectivity index (χ0n) is 12.7. The first kappa shape index (κ1) is 13.8. The van der Waals surface area contributed by atoms with Gasteiger partial charge in [0.2, 0.25) is 0 Å². The van der Waals surface area contributed by atoms with Crippen LogP contribution in [0.3, 0.4) is 0 Å². The van der Waals surface area contributed by atoms with Crippen LogP contribution in [0, 0.1) is 0 Å². The normalized spacial score (nSPS) is 14.9. The van der Waals surface area contributed by atoms with Gasteiger partial charge < -0.3 is 5.11 Å². The molecular formula is C21H17NO. The van der Waals surface area contributed by atoms with Gasteiger partial charge in [-0.1, -0.05) is 42.5 Å². The Morgan fingerprint density at radius 1 is 0.870 bits per heavy atom. The average Bonchev–Trinajstić information content (AvgIpc) is 2.73. The third-order valence-electron chi connectivity index (χ3n) is 4.30. The predicted molar refractivity (Wildman–Crippen MR) is 93.2 cm³/mol. The summed E-state index contributed by atoms with van der Waals surface area (Å²) in [5, 5.41) is 9.75. The second kappa shape index (κ2) is 5.73. The van der Waals surface area contributed by atoms with Crippen molar-refractivity contribution in [2.24, 2.45) is 0 Å². The molecule has 0 atom stereocenters. The van der Waals surface area contributed by atoms with E-state index in [2.05, 4.69) is 41.4 Å². The molecule has 0 aliphatic heterocycles. The number of pyridine rings is 1. The summed E-state index contributed by atoms with van der Waals surface area (Å²) < 4.78 is 0. The molecule has 1 aliphatic carbocycles. The van der Waals surface area contributed by atoms with Crippen molar-refractivity contribution in [1.82, 2.24) is 4.98 Å². The van der Waals surface area contributed by atoms with Crippen molar-refractivity contribution in [2.45, 2.75) is 12.8 Å².